The van der Waals surface area contributed by atoms with Crippen molar-refractivity contribution in [2.75, 3.05) is 12.3 Å². The minimum absolute atomic E-state index is 0.0166. The Morgan fingerprint density at radius 3 is 2.74 bits per heavy atom. The Labute approximate surface area is 145 Å². The molecule has 2 rings (SSSR count). The number of sulfone groups is 1. The first-order chi connectivity index (χ1) is 10.6. The highest BCUT2D eigenvalue weighted by Crippen LogP contribution is 2.24. The van der Waals surface area contributed by atoms with Gasteiger partial charge in [0.15, 0.2) is 14.9 Å². The number of halogens is 1. The number of pyridine rings is 1. The Hall–Kier alpha value is -1.15. The number of carbonyl (C=O) groups is 1. The van der Waals surface area contributed by atoms with E-state index in [1.165, 1.54) is 11.0 Å². The summed E-state index contributed by atoms with van der Waals surface area (Å²) in [6.45, 7) is 5.88. The van der Waals surface area contributed by atoms with Gasteiger partial charge in [-0.25, -0.2) is 18.2 Å². The van der Waals surface area contributed by atoms with Crippen molar-refractivity contribution in [3.05, 3.63) is 22.8 Å². The topological polar surface area (TPSA) is 76.6 Å². The predicted octanol–water partition coefficient (Wildman–Crippen LogP) is 3.02. The van der Waals surface area contributed by atoms with Crippen molar-refractivity contribution in [2.45, 2.75) is 50.3 Å². The maximum atomic E-state index is 12.5. The Kier molecular flexibility index (Phi) is 5.35. The highest BCUT2D eigenvalue weighted by atomic mass is 79.9. The highest BCUT2D eigenvalue weighted by molar-refractivity contribution is 9.10. The largest absolute Gasteiger partial charge is 0.444 e. The van der Waals surface area contributed by atoms with Gasteiger partial charge in [0.25, 0.3) is 0 Å². The fourth-order valence-corrected chi connectivity index (χ4v) is 4.48. The SMILES string of the molecule is CC(C)(C)OC(=O)N1CCCC1CS(=O)(=O)c1cccc(Br)n1. The van der Waals surface area contributed by atoms with Crippen molar-refractivity contribution >= 4 is 31.9 Å². The number of rotatable bonds is 3. The van der Waals surface area contributed by atoms with E-state index in [0.29, 0.717) is 17.6 Å². The summed E-state index contributed by atoms with van der Waals surface area (Å²) in [5.41, 5.74) is -0.602. The third-order valence-corrected chi connectivity index (χ3v) is 5.56. The molecule has 0 bridgehead atoms. The second-order valence-corrected chi connectivity index (χ2v) is 9.34. The molecule has 1 aromatic rings. The van der Waals surface area contributed by atoms with Gasteiger partial charge in [-0.1, -0.05) is 6.07 Å². The van der Waals surface area contributed by atoms with E-state index >= 15 is 0 Å². The van der Waals surface area contributed by atoms with E-state index in [4.69, 9.17) is 4.74 Å². The molecule has 1 aliphatic heterocycles. The molecule has 0 aromatic carbocycles. The minimum Gasteiger partial charge on any atom is -0.444 e. The molecule has 0 spiro atoms. The van der Waals surface area contributed by atoms with Crippen LogP contribution >= 0.6 is 15.9 Å². The van der Waals surface area contributed by atoms with Crippen LogP contribution in [-0.2, 0) is 14.6 Å². The number of carbonyl (C=O) groups excluding carboxylic acids is 1. The summed E-state index contributed by atoms with van der Waals surface area (Å²) in [6.07, 6.45) is 0.954. The fourth-order valence-electron chi connectivity index (χ4n) is 2.47. The van der Waals surface area contributed by atoms with E-state index in [0.717, 1.165) is 6.42 Å². The number of ether oxygens (including phenoxy) is 1. The van der Waals surface area contributed by atoms with Crippen molar-refractivity contribution in [1.29, 1.82) is 0 Å². The normalized spacial score (nSPS) is 19.0. The second kappa shape index (κ2) is 6.76. The maximum absolute atomic E-state index is 12.5. The zero-order valence-electron chi connectivity index (χ0n) is 13.5. The van der Waals surface area contributed by atoms with E-state index in [1.54, 1.807) is 32.9 Å². The van der Waals surface area contributed by atoms with E-state index < -0.39 is 21.5 Å². The lowest BCUT2D eigenvalue weighted by molar-refractivity contribution is 0.0241. The van der Waals surface area contributed by atoms with Crippen molar-refractivity contribution in [3.8, 4) is 0 Å². The van der Waals surface area contributed by atoms with Crippen LogP contribution in [0, 0.1) is 0 Å². The zero-order chi connectivity index (χ0) is 17.3. The monoisotopic (exact) mass is 404 g/mol. The first kappa shape index (κ1) is 18.2. The van der Waals surface area contributed by atoms with Crippen molar-refractivity contribution in [1.82, 2.24) is 9.88 Å². The molecule has 0 radical (unpaired) electrons. The van der Waals surface area contributed by atoms with Crippen LogP contribution in [0.25, 0.3) is 0 Å². The highest BCUT2D eigenvalue weighted by Gasteiger charge is 2.35. The van der Waals surface area contributed by atoms with Crippen LogP contribution in [0.4, 0.5) is 4.79 Å². The van der Waals surface area contributed by atoms with E-state index in [1.807, 2.05) is 0 Å². The van der Waals surface area contributed by atoms with Gasteiger partial charge in [0.1, 0.15) is 10.2 Å². The van der Waals surface area contributed by atoms with E-state index in [9.17, 15) is 13.2 Å². The van der Waals surface area contributed by atoms with Crippen molar-refractivity contribution in [2.24, 2.45) is 0 Å². The molecule has 6 nitrogen and oxygen atoms in total. The average Bonchev–Trinajstić information content (AvgIpc) is 2.84. The summed E-state index contributed by atoms with van der Waals surface area (Å²) in [5, 5.41) is 0.0166. The van der Waals surface area contributed by atoms with E-state index in [-0.39, 0.29) is 16.8 Å². The molecule has 1 saturated heterocycles. The molecule has 0 aliphatic carbocycles. The third-order valence-electron chi connectivity index (χ3n) is 3.43. The molecule has 23 heavy (non-hydrogen) atoms. The second-order valence-electron chi connectivity index (χ2n) is 6.55. The predicted molar refractivity (Wildman–Crippen MR) is 90.0 cm³/mol. The standard InChI is InChI=1S/C15H21BrN2O4S/c1-15(2,3)22-14(19)18-9-5-6-11(18)10-23(20,21)13-8-4-7-12(16)17-13/h4,7-8,11H,5-6,9-10H2,1-3H3. The van der Waals surface area contributed by atoms with Gasteiger partial charge in [-0.2, -0.15) is 0 Å². The molecule has 1 amide bonds. The number of hydrogen-bond donors (Lipinski definition) is 0. The molecule has 0 N–H and O–H groups in total. The Morgan fingerprint density at radius 2 is 2.13 bits per heavy atom. The number of nitrogens with zero attached hydrogens (tertiary/aromatic N) is 2. The van der Waals surface area contributed by atoms with Gasteiger partial charge >= 0.3 is 6.09 Å². The van der Waals surface area contributed by atoms with Crippen LogP contribution in [0.15, 0.2) is 27.8 Å². The number of aromatic nitrogens is 1. The van der Waals surface area contributed by atoms with Crippen LogP contribution in [0.2, 0.25) is 0 Å². The van der Waals surface area contributed by atoms with Gasteiger partial charge < -0.3 is 9.64 Å². The van der Waals surface area contributed by atoms with Gasteiger partial charge in [0, 0.05) is 12.6 Å². The molecule has 1 aliphatic rings. The Bertz CT molecular complexity index is 685. The Morgan fingerprint density at radius 1 is 1.43 bits per heavy atom. The Balaban J connectivity index is 2.13. The average molecular weight is 405 g/mol. The van der Waals surface area contributed by atoms with Gasteiger partial charge in [0.05, 0.1) is 5.75 Å². The summed E-state index contributed by atoms with van der Waals surface area (Å²) in [7, 11) is -3.57. The molecule has 1 atom stereocenters. The van der Waals surface area contributed by atoms with Crippen LogP contribution < -0.4 is 0 Å². The van der Waals surface area contributed by atoms with Gasteiger partial charge in [-0.05, 0) is 61.7 Å². The molecule has 8 heteroatoms. The van der Waals surface area contributed by atoms with Gasteiger partial charge in [-0.3, -0.25) is 0 Å². The van der Waals surface area contributed by atoms with Crippen LogP contribution in [0.3, 0.4) is 0 Å². The number of likely N-dealkylation sites (tertiary alicyclic amines) is 1. The third kappa shape index (κ3) is 4.91. The van der Waals surface area contributed by atoms with E-state index in [2.05, 4.69) is 20.9 Å². The summed E-state index contributed by atoms with van der Waals surface area (Å²) >= 11 is 3.18. The van der Waals surface area contributed by atoms with Gasteiger partial charge in [-0.15, -0.1) is 0 Å². The van der Waals surface area contributed by atoms with Crippen LogP contribution in [0.5, 0.6) is 0 Å². The number of hydrogen-bond acceptors (Lipinski definition) is 5. The van der Waals surface area contributed by atoms with Crippen LogP contribution in [0.1, 0.15) is 33.6 Å². The lowest BCUT2D eigenvalue weighted by Crippen LogP contribution is -2.42. The quantitative estimate of drug-likeness (QED) is 0.723. The molecule has 0 saturated carbocycles. The van der Waals surface area contributed by atoms with Gasteiger partial charge in [0.2, 0.25) is 0 Å². The van der Waals surface area contributed by atoms with Crippen molar-refractivity contribution in [3.63, 3.8) is 0 Å². The smallest absolute Gasteiger partial charge is 0.410 e. The maximum Gasteiger partial charge on any atom is 0.410 e. The lowest BCUT2D eigenvalue weighted by Gasteiger charge is -2.28. The first-order valence-corrected chi connectivity index (χ1v) is 9.88. The number of amides is 1. The zero-order valence-corrected chi connectivity index (χ0v) is 15.9. The minimum atomic E-state index is -3.57. The fraction of sp³-hybridized carbons (Fsp3) is 0.600. The summed E-state index contributed by atoms with van der Waals surface area (Å²) < 4.78 is 30.9. The summed E-state index contributed by atoms with van der Waals surface area (Å²) in [5.74, 6) is -0.143. The molecular weight excluding hydrogens is 384 g/mol. The lowest BCUT2D eigenvalue weighted by atomic mass is 10.2. The molecular formula is C15H21BrN2O4S. The van der Waals surface area contributed by atoms with Crippen molar-refractivity contribution < 1.29 is 17.9 Å². The molecule has 1 unspecified atom stereocenters. The molecule has 1 fully saturated rings. The molecule has 1 aromatic heterocycles. The van der Waals surface area contributed by atoms with Crippen LogP contribution in [-0.4, -0.2) is 48.3 Å². The summed E-state index contributed by atoms with van der Waals surface area (Å²) in [6, 6.07) is 4.38. The molecule has 128 valence electrons. The summed E-state index contributed by atoms with van der Waals surface area (Å²) in [4.78, 5) is 17.8. The molecule has 2 heterocycles. The first-order valence-electron chi connectivity index (χ1n) is 7.43.